The Morgan fingerprint density at radius 2 is 1.19 bits per heavy atom. The molecule has 8 heteroatoms. The topological polar surface area (TPSA) is 64.8 Å². The van der Waals surface area contributed by atoms with Gasteiger partial charge in [-0.05, 0) is 62.8 Å². The molecule has 1 atom stereocenters. The molecule has 0 bridgehead atoms. The molecule has 0 saturated heterocycles. The summed E-state index contributed by atoms with van der Waals surface area (Å²) in [5.41, 5.74) is 3.08. The van der Waals surface area contributed by atoms with E-state index in [1.165, 1.54) is 88.4 Å². The van der Waals surface area contributed by atoms with Crippen LogP contribution < -0.4 is 0 Å². The molecule has 0 fully saturated rings. The molecule has 4 rings (SSSR count). The molecule has 194 valence electrons. The monoisotopic (exact) mass is 635 g/mol. The van der Waals surface area contributed by atoms with Crippen LogP contribution in [0.3, 0.4) is 0 Å². The molecule has 36 heavy (non-hydrogen) atoms. The van der Waals surface area contributed by atoms with E-state index in [0.29, 0.717) is 46.8 Å². The van der Waals surface area contributed by atoms with E-state index in [1.807, 2.05) is 0 Å². The number of halogens is 2. The van der Waals surface area contributed by atoms with Gasteiger partial charge in [0.15, 0.2) is 11.6 Å². The average molecular weight is 637 g/mol. The smallest absolute Gasteiger partial charge is 0.196 e. The summed E-state index contributed by atoms with van der Waals surface area (Å²) in [6.45, 7) is 5.29. The summed E-state index contributed by atoms with van der Waals surface area (Å²) < 4.78 is 1.36. The first-order chi connectivity index (χ1) is 17.4. The fraction of sp³-hybridized carbons (Fsp3) is 0.571. The number of fused-ring (bicyclic) bond motifs is 3. The van der Waals surface area contributed by atoms with Gasteiger partial charge in [0, 0.05) is 11.1 Å². The third-order valence-electron chi connectivity index (χ3n) is 7.18. The molecule has 5 nitrogen and oxygen atoms in total. The lowest BCUT2D eigenvalue weighted by Gasteiger charge is -2.16. The molecule has 2 heterocycles. The van der Waals surface area contributed by atoms with E-state index >= 15 is 0 Å². The predicted molar refractivity (Wildman–Crippen MR) is 154 cm³/mol. The van der Waals surface area contributed by atoms with Crippen molar-refractivity contribution in [3.8, 4) is 0 Å². The second-order valence-corrected chi connectivity index (χ2v) is 13.6. The molecular weight excluding hydrogens is 602 g/mol. The zero-order valence-electron chi connectivity index (χ0n) is 21.2. The number of hydrogen-bond donors (Lipinski definition) is 0. The summed E-state index contributed by atoms with van der Waals surface area (Å²) in [7, 11) is 0. The lowest BCUT2D eigenvalue weighted by molar-refractivity contribution is 0.0979. The van der Waals surface area contributed by atoms with Gasteiger partial charge in [0.2, 0.25) is 0 Å². The lowest BCUT2D eigenvalue weighted by Crippen LogP contribution is -2.20. The van der Waals surface area contributed by atoms with Gasteiger partial charge in [-0.1, -0.05) is 78.1 Å². The van der Waals surface area contributed by atoms with Crippen LogP contribution in [-0.4, -0.2) is 26.6 Å². The number of nitrogens with zero attached hydrogens (tertiary/aromatic N) is 3. The van der Waals surface area contributed by atoms with Crippen molar-refractivity contribution < 1.29 is 9.59 Å². The number of aromatic nitrogens is 3. The third kappa shape index (κ3) is 6.18. The molecule has 3 aromatic rings. The van der Waals surface area contributed by atoms with E-state index in [-0.39, 0.29) is 11.6 Å². The molecule has 0 radical (unpaired) electrons. The van der Waals surface area contributed by atoms with E-state index in [9.17, 15) is 9.59 Å². The van der Waals surface area contributed by atoms with Crippen LogP contribution in [-0.2, 0) is 6.54 Å². The number of unbranched alkanes of at least 4 members (excludes halogenated alkanes) is 8. The first kappa shape index (κ1) is 27.6. The fourth-order valence-corrected chi connectivity index (χ4v) is 8.28. The molecule has 1 unspecified atom stereocenters. The minimum Gasteiger partial charge on any atom is -0.288 e. The molecule has 0 saturated carbocycles. The number of carbonyl (C=O) groups excluding carboxylic acids is 2. The zero-order chi connectivity index (χ0) is 25.7. The highest BCUT2D eigenvalue weighted by Gasteiger charge is 2.36. The number of thiophene rings is 1. The van der Waals surface area contributed by atoms with Crippen LogP contribution in [0.5, 0.6) is 0 Å². The van der Waals surface area contributed by atoms with Crippen LogP contribution in [0, 0.1) is 5.92 Å². The quantitative estimate of drug-likeness (QED) is 0.129. The van der Waals surface area contributed by atoms with Gasteiger partial charge in [-0.3, -0.25) is 9.59 Å². The van der Waals surface area contributed by atoms with Crippen LogP contribution in [0.15, 0.2) is 19.7 Å². The van der Waals surface area contributed by atoms with Gasteiger partial charge in [-0.2, -0.15) is 15.0 Å². The van der Waals surface area contributed by atoms with Gasteiger partial charge >= 0.3 is 0 Å². The van der Waals surface area contributed by atoms with E-state index in [1.54, 1.807) is 16.9 Å². The van der Waals surface area contributed by atoms with Crippen LogP contribution in [0.1, 0.15) is 123 Å². The van der Waals surface area contributed by atoms with Crippen molar-refractivity contribution >= 4 is 65.8 Å². The Kier molecular flexibility index (Phi) is 9.92. The van der Waals surface area contributed by atoms with Gasteiger partial charge in [0.1, 0.15) is 11.0 Å². The first-order valence-electron chi connectivity index (χ1n) is 13.4. The van der Waals surface area contributed by atoms with Crippen molar-refractivity contribution in [1.82, 2.24) is 15.0 Å². The Balaban J connectivity index is 1.51. The predicted octanol–water partition coefficient (Wildman–Crippen LogP) is 9.13. The summed E-state index contributed by atoms with van der Waals surface area (Å²) in [4.78, 5) is 28.3. The molecule has 1 aromatic carbocycles. The Morgan fingerprint density at radius 1 is 0.750 bits per heavy atom. The number of ketones is 2. The SMILES string of the molecule is CCCCCCCCC(CCCCCC)Cn1nc2cc3c(cc2n1)C(=O)c1c(Br)sc(Br)c1C3=O. The molecule has 0 amide bonds. The standard InChI is InChI=1S/C28H35Br2N3O2S/c1-3-5-7-9-10-12-14-18(13-11-8-6-4-2)17-33-31-21-15-19-20(16-22(21)32-33)26(35)24-23(25(19)34)27(29)36-28(24)30/h15-16,18H,3-14,17H2,1-2H3. The van der Waals surface area contributed by atoms with E-state index in [0.717, 1.165) is 6.54 Å². The van der Waals surface area contributed by atoms with Gasteiger partial charge in [-0.15, -0.1) is 11.3 Å². The van der Waals surface area contributed by atoms with E-state index in [4.69, 9.17) is 10.2 Å². The van der Waals surface area contributed by atoms with Gasteiger partial charge in [-0.25, -0.2) is 0 Å². The number of benzene rings is 1. The summed E-state index contributed by atoms with van der Waals surface area (Å²) >= 11 is 8.27. The maximum atomic E-state index is 13.2. The van der Waals surface area contributed by atoms with Crippen LogP contribution in [0.25, 0.3) is 11.0 Å². The van der Waals surface area contributed by atoms with Crippen LogP contribution >= 0.6 is 43.2 Å². The van der Waals surface area contributed by atoms with Gasteiger partial charge in [0.05, 0.1) is 25.2 Å². The molecule has 1 aliphatic rings. The minimum absolute atomic E-state index is 0.137. The number of carbonyl (C=O) groups is 2. The van der Waals surface area contributed by atoms with Crippen LogP contribution in [0.2, 0.25) is 0 Å². The maximum Gasteiger partial charge on any atom is 0.196 e. The second kappa shape index (κ2) is 12.9. The van der Waals surface area contributed by atoms with Crippen molar-refractivity contribution in [2.45, 2.75) is 97.4 Å². The number of rotatable bonds is 14. The first-order valence-corrected chi connectivity index (χ1v) is 15.8. The fourth-order valence-electron chi connectivity index (χ4n) is 5.15. The van der Waals surface area contributed by atoms with Crippen molar-refractivity contribution in [1.29, 1.82) is 0 Å². The summed E-state index contributed by atoms with van der Waals surface area (Å²) in [5, 5.41) is 9.48. The highest BCUT2D eigenvalue weighted by atomic mass is 79.9. The normalized spacial score (nSPS) is 13.9. The van der Waals surface area contributed by atoms with Gasteiger partial charge < -0.3 is 0 Å². The Bertz CT molecular complexity index is 1160. The van der Waals surface area contributed by atoms with E-state index in [2.05, 4.69) is 45.7 Å². The average Bonchev–Trinajstić information content (AvgIpc) is 3.39. The molecular formula is C28H35Br2N3O2S. The highest BCUT2D eigenvalue weighted by Crippen LogP contribution is 2.43. The zero-order valence-corrected chi connectivity index (χ0v) is 25.2. The Morgan fingerprint density at radius 3 is 1.69 bits per heavy atom. The maximum absolute atomic E-state index is 13.2. The van der Waals surface area contributed by atoms with E-state index < -0.39 is 0 Å². The largest absolute Gasteiger partial charge is 0.288 e. The van der Waals surface area contributed by atoms with Crippen molar-refractivity contribution in [2.75, 3.05) is 0 Å². The summed E-state index contributed by atoms with van der Waals surface area (Å²) in [5.74, 6) is 0.273. The Hall–Kier alpha value is -1.38. The molecule has 2 aromatic heterocycles. The highest BCUT2D eigenvalue weighted by molar-refractivity contribution is 9.12. The Labute approximate surface area is 234 Å². The summed E-state index contributed by atoms with van der Waals surface area (Å²) in [6.07, 6.45) is 15.3. The van der Waals surface area contributed by atoms with Gasteiger partial charge in [0.25, 0.3) is 0 Å². The molecule has 0 spiro atoms. The van der Waals surface area contributed by atoms with Crippen molar-refractivity contribution in [3.05, 3.63) is 42.0 Å². The number of hydrogen-bond acceptors (Lipinski definition) is 5. The minimum atomic E-state index is -0.137. The molecule has 0 N–H and O–H groups in total. The summed E-state index contributed by atoms with van der Waals surface area (Å²) in [6, 6.07) is 3.50. The van der Waals surface area contributed by atoms with Crippen LogP contribution in [0.4, 0.5) is 0 Å². The molecule has 0 aliphatic heterocycles. The van der Waals surface area contributed by atoms with Crippen molar-refractivity contribution in [3.63, 3.8) is 0 Å². The van der Waals surface area contributed by atoms with Crippen molar-refractivity contribution in [2.24, 2.45) is 5.92 Å². The lowest BCUT2D eigenvalue weighted by atomic mass is 9.86. The second-order valence-electron chi connectivity index (χ2n) is 9.97. The third-order valence-corrected chi connectivity index (χ3v) is 9.71. The molecule has 1 aliphatic carbocycles.